The molecule has 162 valence electrons. The molecule has 0 aromatic carbocycles. The van der Waals surface area contributed by atoms with Crippen molar-refractivity contribution in [1.29, 1.82) is 0 Å². The third kappa shape index (κ3) is 17.9. The first-order valence-corrected chi connectivity index (χ1v) is 7.28. The van der Waals surface area contributed by atoms with Gasteiger partial charge in [0.25, 0.3) is 0 Å². The largest absolute Gasteiger partial charge is 0.487 e. The van der Waals surface area contributed by atoms with Crippen LogP contribution in [0.3, 0.4) is 0 Å². The van der Waals surface area contributed by atoms with E-state index in [2.05, 4.69) is 23.3 Å². The first-order chi connectivity index (χ1) is 10.8. The molecule has 0 aromatic heterocycles. The fraction of sp³-hybridized carbons (Fsp3) is 0.556. The third-order valence-corrected chi connectivity index (χ3v) is 3.70. The molecule has 0 saturated heterocycles. The number of carbonyl (C=O) groups is 4. The van der Waals surface area contributed by atoms with E-state index in [1.807, 2.05) is 0 Å². The maximum atomic E-state index is 10.7. The summed E-state index contributed by atoms with van der Waals surface area (Å²) in [5.74, 6) is -3.33. The normalized spacial score (nSPS) is 12.7. The van der Waals surface area contributed by atoms with Crippen molar-refractivity contribution in [2.24, 2.45) is 10.8 Å². The summed E-state index contributed by atoms with van der Waals surface area (Å²) in [7, 11) is 0. The van der Waals surface area contributed by atoms with Gasteiger partial charge in [-0.05, 0) is 26.7 Å². The van der Waals surface area contributed by atoms with Gasteiger partial charge < -0.3 is 34.5 Å². The average Bonchev–Trinajstić information content (AvgIpc) is 2.50. The first kappa shape index (κ1) is 42.0. The Bertz CT molecular complexity index is 429. The van der Waals surface area contributed by atoms with E-state index in [-0.39, 0.29) is 93.5 Å². The van der Waals surface area contributed by atoms with Crippen LogP contribution in [0, 0.1) is 39.5 Å². The second-order valence-corrected chi connectivity index (χ2v) is 5.76. The van der Waals surface area contributed by atoms with Crippen molar-refractivity contribution in [3.05, 3.63) is 28.7 Å². The van der Waals surface area contributed by atoms with Crippen LogP contribution in [0.15, 0.2) is 0 Å². The van der Waals surface area contributed by atoms with Crippen molar-refractivity contribution in [3.8, 4) is 0 Å². The van der Waals surface area contributed by atoms with E-state index >= 15 is 0 Å². The predicted octanol–water partition coefficient (Wildman–Crippen LogP) is 2.62. The summed E-state index contributed by atoms with van der Waals surface area (Å²) in [6.45, 7) is 12.2. The second-order valence-electron chi connectivity index (χ2n) is 5.76. The van der Waals surface area contributed by atoms with Crippen molar-refractivity contribution < 1.29 is 104 Å². The van der Waals surface area contributed by atoms with Gasteiger partial charge in [0.15, 0.2) is 11.9 Å². The van der Waals surface area contributed by atoms with Gasteiger partial charge in [-0.25, -0.2) is 0 Å². The minimum absolute atomic E-state index is 0. The van der Waals surface area contributed by atoms with Gasteiger partial charge in [0.05, 0.1) is 10.8 Å². The van der Waals surface area contributed by atoms with Gasteiger partial charge in [0, 0.05) is 65.4 Å². The Labute approximate surface area is 219 Å². The maximum Gasteiger partial charge on any atom is 0.312 e. The maximum absolute atomic E-state index is 10.7. The van der Waals surface area contributed by atoms with Crippen LogP contribution >= 0.6 is 0 Å². The van der Waals surface area contributed by atoms with Crippen LogP contribution in [-0.4, -0.2) is 47.3 Å². The molecule has 0 aromatic rings. The molecule has 0 spiro atoms. The molecular formula is C18H32O8Y2-4. The number of rotatable bonds is 8. The molecule has 0 aliphatic rings. The summed E-state index contributed by atoms with van der Waals surface area (Å²) in [6, 6.07) is 0. The van der Waals surface area contributed by atoms with Crippen molar-refractivity contribution >= 4 is 23.9 Å². The Morgan fingerprint density at radius 3 is 1.07 bits per heavy atom. The van der Waals surface area contributed by atoms with Gasteiger partial charge in [-0.15, -0.1) is 0 Å². The van der Waals surface area contributed by atoms with Crippen LogP contribution in [0.5, 0.6) is 0 Å². The first-order valence-electron chi connectivity index (χ1n) is 7.28. The summed E-state index contributed by atoms with van der Waals surface area (Å²) >= 11 is 0. The quantitative estimate of drug-likeness (QED) is 0.347. The number of hydrogen-bond donors (Lipinski definition) is 2. The van der Waals surface area contributed by atoms with Gasteiger partial charge in [-0.1, -0.05) is 13.8 Å². The average molecular weight is 554 g/mol. The fourth-order valence-corrected chi connectivity index (χ4v) is 1.11. The van der Waals surface area contributed by atoms with Crippen molar-refractivity contribution in [1.82, 2.24) is 0 Å². The minimum atomic E-state index is -0.993. The molecule has 2 radical (unpaired) electrons. The molecule has 0 bridgehead atoms. The number of carboxylic acids is 2. The Morgan fingerprint density at radius 1 is 0.750 bits per heavy atom. The van der Waals surface area contributed by atoms with Crippen LogP contribution in [-0.2, 0) is 94.1 Å². The molecule has 10 heteroatoms. The van der Waals surface area contributed by atoms with Gasteiger partial charge in [-0.3, -0.25) is 33.0 Å². The zero-order chi connectivity index (χ0) is 19.6. The molecule has 0 aliphatic heterocycles. The second kappa shape index (κ2) is 20.1. The fourth-order valence-electron chi connectivity index (χ4n) is 1.11. The van der Waals surface area contributed by atoms with E-state index in [1.54, 1.807) is 13.8 Å². The molecule has 0 heterocycles. The van der Waals surface area contributed by atoms with Crippen LogP contribution in [0.2, 0.25) is 0 Å². The molecule has 2 atom stereocenters. The van der Waals surface area contributed by atoms with Crippen LogP contribution in [0.25, 0.3) is 0 Å². The van der Waals surface area contributed by atoms with Crippen molar-refractivity contribution in [2.45, 2.75) is 40.5 Å². The predicted molar refractivity (Wildman–Crippen MR) is 97.5 cm³/mol. The van der Waals surface area contributed by atoms with E-state index in [1.165, 1.54) is 13.8 Å². The Hall–Kier alpha value is -0.172. The molecule has 8 nitrogen and oxygen atoms in total. The number of aliphatic carboxylic acids is 2. The van der Waals surface area contributed by atoms with Gasteiger partial charge in [0.1, 0.15) is 13.2 Å². The third-order valence-electron chi connectivity index (χ3n) is 3.70. The molecule has 0 amide bonds. The number of hydrogen-bond acceptors (Lipinski definition) is 6. The monoisotopic (exact) mass is 554 g/mol. The van der Waals surface area contributed by atoms with E-state index < -0.39 is 34.7 Å². The smallest absolute Gasteiger partial charge is 0.312 e. The Morgan fingerprint density at radius 2 is 0.964 bits per heavy atom. The molecule has 28 heavy (non-hydrogen) atoms. The topological polar surface area (TPSA) is 127 Å². The molecule has 0 aliphatic carbocycles. The number of carbonyl (C=O) groups excluding carboxylic acids is 2. The van der Waals surface area contributed by atoms with Gasteiger partial charge >= 0.3 is 11.9 Å². The van der Waals surface area contributed by atoms with E-state index in [9.17, 15) is 19.2 Å². The van der Waals surface area contributed by atoms with Gasteiger partial charge in [-0.2, -0.15) is 0 Å². The number of carboxylic acid groups (broad SMARTS) is 2. The summed E-state index contributed by atoms with van der Waals surface area (Å²) in [5, 5.41) is 17.5. The van der Waals surface area contributed by atoms with Gasteiger partial charge in [0.2, 0.25) is 0 Å². The van der Waals surface area contributed by atoms with Crippen molar-refractivity contribution in [3.63, 3.8) is 0 Å². The van der Waals surface area contributed by atoms with Crippen LogP contribution in [0.1, 0.15) is 40.5 Å². The molecule has 0 saturated carbocycles. The number of ether oxygens (including phenoxy) is 2. The number of esters is 2. The Kier molecular flexibility index (Phi) is 30.2. The SMILES string of the molecule is [CH2-]C(=O)OC[C@@](C)(CC)C(=O)O.[CH2-]C(=O)OC[C@](C)(CC)C(=O)O.[CH3-].[CH3-].[Y].[Y]. The Balaban J connectivity index is -0.0000000756. The molecule has 0 unspecified atom stereocenters. The van der Waals surface area contributed by atoms with Crippen molar-refractivity contribution in [2.75, 3.05) is 13.2 Å². The van der Waals surface area contributed by atoms with E-state index in [0.717, 1.165) is 0 Å². The van der Waals surface area contributed by atoms with E-state index in [4.69, 9.17) is 10.2 Å². The van der Waals surface area contributed by atoms with Crippen LogP contribution < -0.4 is 0 Å². The summed E-state index contributed by atoms with van der Waals surface area (Å²) in [6.07, 6.45) is 0.825. The summed E-state index contributed by atoms with van der Waals surface area (Å²) < 4.78 is 9.06. The molecule has 0 rings (SSSR count). The molecular weight excluding hydrogens is 522 g/mol. The van der Waals surface area contributed by atoms with E-state index in [0.29, 0.717) is 12.8 Å². The summed E-state index contributed by atoms with van der Waals surface area (Å²) in [4.78, 5) is 41.9. The zero-order valence-corrected chi connectivity index (χ0v) is 23.4. The van der Waals surface area contributed by atoms with Crippen LogP contribution in [0.4, 0.5) is 0 Å². The molecule has 0 fully saturated rings. The zero-order valence-electron chi connectivity index (χ0n) is 17.7. The molecule has 2 N–H and O–H groups in total. The summed E-state index contributed by atoms with van der Waals surface area (Å²) in [5.41, 5.74) is -1.99. The standard InChI is InChI=1S/2C8H13O4.2CH3.2Y/c2*1-4-8(3,7(10)11)5-12-6(2)9;;;;/h2*2,4-5H2,1,3H3,(H,10,11);2*1H3;;/q4*-1;;/t2*8-;;;;/m10..../s1. The minimum Gasteiger partial charge on any atom is -0.487 e.